The lowest BCUT2D eigenvalue weighted by Crippen LogP contribution is -2.28. The molecule has 0 unspecified atom stereocenters. The monoisotopic (exact) mass is 211 g/mol. The Bertz CT molecular complexity index is 324. The topological polar surface area (TPSA) is 56.1 Å². The quantitative estimate of drug-likeness (QED) is 0.638. The molecular weight excluding hydrogens is 194 g/mol. The molecule has 1 aromatic rings. The van der Waals surface area contributed by atoms with E-state index in [2.05, 4.69) is 10.3 Å². The zero-order valence-electron chi connectivity index (χ0n) is 8.98. The van der Waals surface area contributed by atoms with Crippen LogP contribution in [0.2, 0.25) is 0 Å². The molecule has 84 valence electrons. The number of rotatable bonds is 7. The van der Waals surface area contributed by atoms with Crippen molar-refractivity contribution in [3.63, 3.8) is 0 Å². The molecule has 0 radical (unpaired) electrons. The molecule has 1 rings (SSSR count). The minimum atomic E-state index is -0.0170. The van der Waals surface area contributed by atoms with Crippen molar-refractivity contribution in [3.8, 4) is 0 Å². The summed E-state index contributed by atoms with van der Waals surface area (Å²) in [5, 5.41) is 3.18. The van der Waals surface area contributed by atoms with E-state index in [0.717, 1.165) is 19.7 Å². The highest BCUT2D eigenvalue weighted by Gasteiger charge is 1.93. The van der Waals surface area contributed by atoms with Gasteiger partial charge in [-0.05, 0) is 6.92 Å². The summed E-state index contributed by atoms with van der Waals surface area (Å²) >= 11 is 0. The SMILES string of the molecule is CCOCCNCCn1cnccc1=O. The highest BCUT2D eigenvalue weighted by atomic mass is 16.5. The lowest BCUT2D eigenvalue weighted by Gasteiger charge is -2.06. The molecule has 0 aliphatic rings. The van der Waals surface area contributed by atoms with Gasteiger partial charge in [0, 0.05) is 38.5 Å². The minimum absolute atomic E-state index is 0.0170. The molecular formula is C10H17N3O2. The van der Waals surface area contributed by atoms with Gasteiger partial charge in [0.05, 0.1) is 12.9 Å². The van der Waals surface area contributed by atoms with Gasteiger partial charge in [0.15, 0.2) is 0 Å². The van der Waals surface area contributed by atoms with Crippen molar-refractivity contribution in [2.24, 2.45) is 0 Å². The fourth-order valence-corrected chi connectivity index (χ4v) is 1.16. The van der Waals surface area contributed by atoms with E-state index in [-0.39, 0.29) is 5.56 Å². The second-order valence-corrected chi connectivity index (χ2v) is 3.06. The van der Waals surface area contributed by atoms with Gasteiger partial charge >= 0.3 is 0 Å². The van der Waals surface area contributed by atoms with Gasteiger partial charge in [-0.15, -0.1) is 0 Å². The van der Waals surface area contributed by atoms with Gasteiger partial charge in [0.25, 0.3) is 5.56 Å². The van der Waals surface area contributed by atoms with E-state index in [9.17, 15) is 4.79 Å². The third-order valence-corrected chi connectivity index (χ3v) is 1.95. The van der Waals surface area contributed by atoms with Crippen molar-refractivity contribution in [1.82, 2.24) is 14.9 Å². The molecule has 0 aromatic carbocycles. The van der Waals surface area contributed by atoms with Gasteiger partial charge in [-0.25, -0.2) is 4.98 Å². The zero-order valence-corrected chi connectivity index (χ0v) is 8.98. The summed E-state index contributed by atoms with van der Waals surface area (Å²) in [6.07, 6.45) is 3.05. The van der Waals surface area contributed by atoms with Crippen LogP contribution in [-0.2, 0) is 11.3 Å². The van der Waals surface area contributed by atoms with Crippen molar-refractivity contribution in [3.05, 3.63) is 28.9 Å². The van der Waals surface area contributed by atoms with Crippen molar-refractivity contribution >= 4 is 0 Å². The smallest absolute Gasteiger partial charge is 0.253 e. The maximum absolute atomic E-state index is 11.3. The van der Waals surface area contributed by atoms with Crippen LogP contribution in [-0.4, -0.2) is 35.9 Å². The minimum Gasteiger partial charge on any atom is -0.380 e. The van der Waals surface area contributed by atoms with E-state index >= 15 is 0 Å². The fraction of sp³-hybridized carbons (Fsp3) is 0.600. The first-order valence-electron chi connectivity index (χ1n) is 5.13. The van der Waals surface area contributed by atoms with E-state index in [0.29, 0.717) is 13.2 Å². The van der Waals surface area contributed by atoms with Gasteiger partial charge in [0.1, 0.15) is 0 Å². The second-order valence-electron chi connectivity index (χ2n) is 3.06. The molecule has 0 atom stereocenters. The average Bonchev–Trinajstić information content (AvgIpc) is 2.25. The lowest BCUT2D eigenvalue weighted by molar-refractivity contribution is 0.149. The highest BCUT2D eigenvalue weighted by molar-refractivity contribution is 4.81. The Labute approximate surface area is 89.1 Å². The van der Waals surface area contributed by atoms with Crippen LogP contribution < -0.4 is 10.9 Å². The Morgan fingerprint density at radius 3 is 3.13 bits per heavy atom. The maximum atomic E-state index is 11.3. The fourth-order valence-electron chi connectivity index (χ4n) is 1.16. The first kappa shape index (κ1) is 11.9. The number of aromatic nitrogens is 2. The molecule has 0 aliphatic carbocycles. The third-order valence-electron chi connectivity index (χ3n) is 1.95. The van der Waals surface area contributed by atoms with Crippen molar-refractivity contribution in [2.75, 3.05) is 26.3 Å². The normalized spacial score (nSPS) is 10.5. The second kappa shape index (κ2) is 7.14. The third kappa shape index (κ3) is 4.71. The molecule has 0 saturated carbocycles. The Balaban J connectivity index is 2.15. The summed E-state index contributed by atoms with van der Waals surface area (Å²) in [6.45, 7) is 5.61. The molecule has 1 aromatic heterocycles. The molecule has 0 bridgehead atoms. The highest BCUT2D eigenvalue weighted by Crippen LogP contribution is 1.77. The molecule has 0 aliphatic heterocycles. The number of nitrogens with zero attached hydrogens (tertiary/aromatic N) is 2. The van der Waals surface area contributed by atoms with Crippen LogP contribution in [0.3, 0.4) is 0 Å². The lowest BCUT2D eigenvalue weighted by atomic mass is 10.5. The Hall–Kier alpha value is -1.20. The molecule has 5 heteroatoms. The molecule has 0 saturated heterocycles. The van der Waals surface area contributed by atoms with Gasteiger partial charge in [-0.1, -0.05) is 0 Å². The molecule has 0 spiro atoms. The van der Waals surface area contributed by atoms with Gasteiger partial charge in [-0.3, -0.25) is 9.36 Å². The zero-order chi connectivity index (χ0) is 10.9. The summed E-state index contributed by atoms with van der Waals surface area (Å²) in [6, 6.07) is 1.46. The van der Waals surface area contributed by atoms with Crippen LogP contribution in [0.4, 0.5) is 0 Å². The number of ether oxygens (including phenoxy) is 1. The van der Waals surface area contributed by atoms with Crippen molar-refractivity contribution < 1.29 is 4.74 Å². The summed E-state index contributed by atoms with van der Waals surface area (Å²) in [7, 11) is 0. The predicted octanol–water partition coefficient (Wildman–Crippen LogP) is -0.131. The van der Waals surface area contributed by atoms with E-state index < -0.39 is 0 Å². The summed E-state index contributed by atoms with van der Waals surface area (Å²) in [4.78, 5) is 15.1. The summed E-state index contributed by atoms with van der Waals surface area (Å²) < 4.78 is 6.74. The predicted molar refractivity (Wildman–Crippen MR) is 57.9 cm³/mol. The average molecular weight is 211 g/mol. The molecule has 1 heterocycles. The number of hydrogen-bond acceptors (Lipinski definition) is 4. The van der Waals surface area contributed by atoms with Crippen LogP contribution >= 0.6 is 0 Å². The van der Waals surface area contributed by atoms with E-state index in [1.807, 2.05) is 6.92 Å². The first-order valence-corrected chi connectivity index (χ1v) is 5.13. The van der Waals surface area contributed by atoms with Crippen molar-refractivity contribution in [2.45, 2.75) is 13.5 Å². The van der Waals surface area contributed by atoms with Gasteiger partial charge in [-0.2, -0.15) is 0 Å². The largest absolute Gasteiger partial charge is 0.380 e. The van der Waals surface area contributed by atoms with Gasteiger partial charge in [0.2, 0.25) is 0 Å². The summed E-state index contributed by atoms with van der Waals surface area (Å²) in [5.74, 6) is 0. The standard InChI is InChI=1S/C10H17N3O2/c1-2-15-8-6-11-5-7-13-9-12-4-3-10(13)14/h3-4,9,11H,2,5-8H2,1H3. The van der Waals surface area contributed by atoms with E-state index in [1.165, 1.54) is 12.3 Å². The maximum Gasteiger partial charge on any atom is 0.253 e. The number of nitrogens with one attached hydrogen (secondary N) is 1. The first-order chi connectivity index (χ1) is 7.34. The van der Waals surface area contributed by atoms with E-state index in [1.54, 1.807) is 10.9 Å². The van der Waals surface area contributed by atoms with E-state index in [4.69, 9.17) is 4.74 Å². The molecule has 0 amide bonds. The molecule has 5 nitrogen and oxygen atoms in total. The Kier molecular flexibility index (Phi) is 5.65. The Morgan fingerprint density at radius 1 is 1.53 bits per heavy atom. The molecule has 0 fully saturated rings. The van der Waals surface area contributed by atoms with Crippen LogP contribution in [0.15, 0.2) is 23.4 Å². The van der Waals surface area contributed by atoms with Crippen LogP contribution in [0.5, 0.6) is 0 Å². The molecule has 1 N–H and O–H groups in total. The summed E-state index contributed by atoms with van der Waals surface area (Å²) in [5.41, 5.74) is -0.0170. The van der Waals surface area contributed by atoms with Crippen LogP contribution in [0, 0.1) is 0 Å². The van der Waals surface area contributed by atoms with Crippen LogP contribution in [0.1, 0.15) is 6.92 Å². The van der Waals surface area contributed by atoms with Gasteiger partial charge < -0.3 is 10.1 Å². The number of hydrogen-bond donors (Lipinski definition) is 1. The molecule has 15 heavy (non-hydrogen) atoms. The van der Waals surface area contributed by atoms with Crippen LogP contribution in [0.25, 0.3) is 0 Å². The Morgan fingerprint density at radius 2 is 2.40 bits per heavy atom. The van der Waals surface area contributed by atoms with Crippen molar-refractivity contribution in [1.29, 1.82) is 0 Å².